The summed E-state index contributed by atoms with van der Waals surface area (Å²) in [4.78, 5) is 16.0. The second-order valence-corrected chi connectivity index (χ2v) is 6.79. The third kappa shape index (κ3) is 3.16. The van der Waals surface area contributed by atoms with Crippen LogP contribution in [0.15, 0.2) is 12.1 Å². The second kappa shape index (κ2) is 6.41. The molecule has 0 bridgehead atoms. The summed E-state index contributed by atoms with van der Waals surface area (Å²) in [5.74, 6) is 0.542. The van der Waals surface area contributed by atoms with Gasteiger partial charge in [0.05, 0.1) is 6.10 Å². The van der Waals surface area contributed by atoms with Crippen LogP contribution in [0.3, 0.4) is 0 Å². The Morgan fingerprint density at radius 1 is 1.35 bits per heavy atom. The van der Waals surface area contributed by atoms with Gasteiger partial charge in [-0.05, 0) is 38.4 Å². The number of nitrogens with zero attached hydrogens (tertiary/aromatic N) is 4. The summed E-state index contributed by atoms with van der Waals surface area (Å²) in [6.45, 7) is 3.55. The molecule has 2 aliphatic heterocycles. The van der Waals surface area contributed by atoms with Crippen LogP contribution in [-0.4, -0.2) is 72.5 Å². The standard InChI is InChI=1S/C16H25N5O2/c1-17-15(23)12-4-5-14(19-18-12)21-8-3-7-16(11-21)10-20(2)9-6-13(16)22/h4-5,13,22H,3,6-11H2,1-2H3,(H,17,23)/t13-,16-/m0/s1. The van der Waals surface area contributed by atoms with E-state index in [0.717, 1.165) is 51.3 Å². The fourth-order valence-corrected chi connectivity index (χ4v) is 3.87. The number of carbonyl (C=O) groups excluding carboxylic acids is 1. The van der Waals surface area contributed by atoms with E-state index in [2.05, 4.69) is 32.4 Å². The van der Waals surface area contributed by atoms with Crippen molar-refractivity contribution in [2.75, 3.05) is 45.2 Å². The largest absolute Gasteiger partial charge is 0.392 e. The molecular formula is C16H25N5O2. The smallest absolute Gasteiger partial charge is 0.271 e. The molecule has 1 spiro atoms. The molecule has 3 rings (SSSR count). The van der Waals surface area contributed by atoms with E-state index in [4.69, 9.17) is 0 Å². The number of anilines is 1. The lowest BCUT2D eigenvalue weighted by Gasteiger charge is -2.50. The molecule has 2 N–H and O–H groups in total. The average molecular weight is 319 g/mol. The van der Waals surface area contributed by atoms with Crippen molar-refractivity contribution in [3.05, 3.63) is 17.8 Å². The number of carbonyl (C=O) groups is 1. The highest BCUT2D eigenvalue weighted by Crippen LogP contribution is 2.39. The van der Waals surface area contributed by atoms with Crippen LogP contribution in [0.1, 0.15) is 29.8 Å². The Balaban J connectivity index is 1.77. The van der Waals surface area contributed by atoms with Crippen LogP contribution in [-0.2, 0) is 0 Å². The Morgan fingerprint density at radius 3 is 2.87 bits per heavy atom. The van der Waals surface area contributed by atoms with Crippen LogP contribution in [0.2, 0.25) is 0 Å². The predicted octanol–water partition coefficient (Wildman–Crippen LogP) is 0.119. The highest BCUT2D eigenvalue weighted by atomic mass is 16.3. The van der Waals surface area contributed by atoms with Crippen LogP contribution < -0.4 is 10.2 Å². The molecule has 2 atom stereocenters. The lowest BCUT2D eigenvalue weighted by atomic mass is 9.71. The first-order valence-electron chi connectivity index (χ1n) is 8.21. The zero-order valence-corrected chi connectivity index (χ0v) is 13.8. The molecule has 1 aromatic heterocycles. The van der Waals surface area contributed by atoms with Crippen molar-refractivity contribution >= 4 is 11.7 Å². The third-order valence-electron chi connectivity index (χ3n) is 5.12. The minimum Gasteiger partial charge on any atom is -0.392 e. The number of amides is 1. The van der Waals surface area contributed by atoms with Gasteiger partial charge in [-0.25, -0.2) is 0 Å². The van der Waals surface area contributed by atoms with Gasteiger partial charge in [-0.3, -0.25) is 4.79 Å². The van der Waals surface area contributed by atoms with E-state index in [-0.39, 0.29) is 17.4 Å². The Kier molecular flexibility index (Phi) is 4.50. The molecule has 2 fully saturated rings. The van der Waals surface area contributed by atoms with Crippen molar-refractivity contribution in [1.82, 2.24) is 20.4 Å². The first-order chi connectivity index (χ1) is 11.0. The van der Waals surface area contributed by atoms with Gasteiger partial charge in [0, 0.05) is 38.6 Å². The Hall–Kier alpha value is -1.73. The van der Waals surface area contributed by atoms with E-state index >= 15 is 0 Å². The molecule has 23 heavy (non-hydrogen) atoms. The van der Waals surface area contributed by atoms with E-state index in [0.29, 0.717) is 5.69 Å². The van der Waals surface area contributed by atoms with Crippen molar-refractivity contribution in [2.45, 2.75) is 25.4 Å². The second-order valence-electron chi connectivity index (χ2n) is 6.79. The molecule has 126 valence electrons. The van der Waals surface area contributed by atoms with Crippen molar-refractivity contribution in [1.29, 1.82) is 0 Å². The summed E-state index contributed by atoms with van der Waals surface area (Å²) in [6.07, 6.45) is 2.63. The number of nitrogens with one attached hydrogen (secondary N) is 1. The number of likely N-dealkylation sites (tertiary alicyclic amines) is 1. The van der Waals surface area contributed by atoms with E-state index < -0.39 is 0 Å². The molecule has 7 heteroatoms. The van der Waals surface area contributed by atoms with Crippen molar-refractivity contribution in [2.24, 2.45) is 5.41 Å². The van der Waals surface area contributed by atoms with Gasteiger partial charge in [0.15, 0.2) is 11.5 Å². The van der Waals surface area contributed by atoms with Crippen LogP contribution in [0.4, 0.5) is 5.82 Å². The van der Waals surface area contributed by atoms with Gasteiger partial charge in [0.1, 0.15) is 0 Å². The summed E-state index contributed by atoms with van der Waals surface area (Å²) < 4.78 is 0. The molecule has 1 aromatic rings. The lowest BCUT2D eigenvalue weighted by Crippen LogP contribution is -2.58. The SMILES string of the molecule is CNC(=O)c1ccc(N2CCC[C@]3(CN(C)CC[C@@H]3O)C2)nn1. The first-order valence-corrected chi connectivity index (χ1v) is 8.21. The average Bonchev–Trinajstić information content (AvgIpc) is 2.58. The van der Waals surface area contributed by atoms with E-state index in [9.17, 15) is 9.90 Å². The topological polar surface area (TPSA) is 81.6 Å². The maximum absolute atomic E-state index is 11.6. The van der Waals surface area contributed by atoms with Gasteiger partial charge in [0.2, 0.25) is 0 Å². The van der Waals surface area contributed by atoms with E-state index in [1.807, 2.05) is 6.07 Å². The molecule has 0 aromatic carbocycles. The van der Waals surface area contributed by atoms with Crippen LogP contribution in [0.25, 0.3) is 0 Å². The molecule has 0 aliphatic carbocycles. The maximum atomic E-state index is 11.6. The minimum atomic E-state index is -0.264. The van der Waals surface area contributed by atoms with Gasteiger partial charge in [-0.2, -0.15) is 0 Å². The van der Waals surface area contributed by atoms with Gasteiger partial charge >= 0.3 is 0 Å². The Morgan fingerprint density at radius 2 is 2.17 bits per heavy atom. The van der Waals surface area contributed by atoms with Crippen LogP contribution in [0.5, 0.6) is 0 Å². The summed E-state index contributed by atoms with van der Waals surface area (Å²) in [5.41, 5.74) is 0.229. The summed E-state index contributed by atoms with van der Waals surface area (Å²) in [7, 11) is 3.69. The zero-order chi connectivity index (χ0) is 16.4. The summed E-state index contributed by atoms with van der Waals surface area (Å²) in [5, 5.41) is 21.3. The van der Waals surface area contributed by atoms with Crippen molar-refractivity contribution in [3.63, 3.8) is 0 Å². The molecule has 1 amide bonds. The molecule has 2 aliphatic rings. The van der Waals surface area contributed by atoms with Crippen LogP contribution in [0, 0.1) is 5.41 Å². The van der Waals surface area contributed by atoms with Crippen molar-refractivity contribution in [3.8, 4) is 0 Å². The Labute approximate surface area is 136 Å². The monoisotopic (exact) mass is 319 g/mol. The summed E-state index contributed by atoms with van der Waals surface area (Å²) in [6, 6.07) is 3.54. The first kappa shape index (κ1) is 16.1. The number of rotatable bonds is 2. The number of aliphatic hydroxyl groups excluding tert-OH is 1. The van der Waals surface area contributed by atoms with Crippen molar-refractivity contribution < 1.29 is 9.90 Å². The highest BCUT2D eigenvalue weighted by Gasteiger charge is 2.45. The number of piperidine rings is 2. The fraction of sp³-hybridized carbons (Fsp3) is 0.688. The minimum absolute atomic E-state index is 0.0909. The molecule has 3 heterocycles. The quantitative estimate of drug-likeness (QED) is 0.806. The van der Waals surface area contributed by atoms with Crippen LogP contribution >= 0.6 is 0 Å². The third-order valence-corrected chi connectivity index (χ3v) is 5.12. The van der Waals surface area contributed by atoms with E-state index in [1.165, 1.54) is 0 Å². The van der Waals surface area contributed by atoms with Gasteiger partial charge in [0.25, 0.3) is 5.91 Å². The number of hydrogen-bond donors (Lipinski definition) is 2. The molecule has 0 saturated carbocycles. The highest BCUT2D eigenvalue weighted by molar-refractivity contribution is 5.91. The zero-order valence-electron chi connectivity index (χ0n) is 13.8. The molecular weight excluding hydrogens is 294 g/mol. The number of aromatic nitrogens is 2. The van der Waals surface area contributed by atoms with Gasteiger partial charge in [-0.1, -0.05) is 0 Å². The van der Waals surface area contributed by atoms with Gasteiger partial charge < -0.3 is 20.2 Å². The lowest BCUT2D eigenvalue weighted by molar-refractivity contribution is -0.0466. The van der Waals surface area contributed by atoms with Gasteiger partial charge in [-0.15, -0.1) is 10.2 Å². The normalized spacial score (nSPS) is 28.8. The molecule has 7 nitrogen and oxygen atoms in total. The fourth-order valence-electron chi connectivity index (χ4n) is 3.87. The molecule has 0 radical (unpaired) electrons. The summed E-state index contributed by atoms with van der Waals surface area (Å²) >= 11 is 0. The molecule has 0 unspecified atom stereocenters. The Bertz CT molecular complexity index is 564. The maximum Gasteiger partial charge on any atom is 0.271 e. The number of hydrogen-bond acceptors (Lipinski definition) is 6. The molecule has 2 saturated heterocycles. The predicted molar refractivity (Wildman–Crippen MR) is 87.4 cm³/mol. The number of aliphatic hydroxyl groups is 1. The van der Waals surface area contributed by atoms with E-state index in [1.54, 1.807) is 13.1 Å².